The second-order valence-corrected chi connectivity index (χ2v) is 6.75. The number of anilines is 1. The van der Waals surface area contributed by atoms with Crippen molar-refractivity contribution < 1.29 is 4.74 Å². The van der Waals surface area contributed by atoms with Crippen LogP contribution in [0.2, 0.25) is 0 Å². The zero-order valence-corrected chi connectivity index (χ0v) is 12.7. The molecule has 3 atom stereocenters. The van der Waals surface area contributed by atoms with E-state index in [9.17, 15) is 0 Å². The van der Waals surface area contributed by atoms with Gasteiger partial charge in [-0.05, 0) is 37.6 Å². The average Bonchev–Trinajstić information content (AvgIpc) is 2.55. The predicted molar refractivity (Wildman–Crippen MR) is 81.6 cm³/mol. The van der Waals surface area contributed by atoms with Crippen molar-refractivity contribution in [3.05, 3.63) is 12.4 Å². The van der Waals surface area contributed by atoms with Crippen molar-refractivity contribution in [2.75, 3.05) is 38.2 Å². The Morgan fingerprint density at radius 2 is 2.00 bits per heavy atom. The van der Waals surface area contributed by atoms with Gasteiger partial charge in [0.25, 0.3) is 0 Å². The molecule has 0 saturated carbocycles. The maximum atomic E-state index is 5.15. The average molecular weight is 288 g/mol. The molecule has 3 saturated heterocycles. The summed E-state index contributed by atoms with van der Waals surface area (Å²) in [6.45, 7) is 4.81. The summed E-state index contributed by atoms with van der Waals surface area (Å²) in [5.41, 5.74) is 0. The van der Waals surface area contributed by atoms with E-state index in [2.05, 4.69) is 19.8 Å². The van der Waals surface area contributed by atoms with E-state index in [4.69, 9.17) is 4.74 Å². The van der Waals surface area contributed by atoms with Crippen LogP contribution in [0.15, 0.2) is 12.4 Å². The smallest absolute Gasteiger partial charge is 0.225 e. The van der Waals surface area contributed by atoms with Crippen LogP contribution >= 0.6 is 0 Å². The highest BCUT2D eigenvalue weighted by atomic mass is 16.5. The lowest BCUT2D eigenvalue weighted by Crippen LogP contribution is -2.59. The molecule has 1 aromatic heterocycles. The monoisotopic (exact) mass is 288 g/mol. The Balaban J connectivity index is 1.51. The Labute approximate surface area is 126 Å². The van der Waals surface area contributed by atoms with Crippen molar-refractivity contribution in [1.82, 2.24) is 14.9 Å². The molecule has 3 fully saturated rings. The normalized spacial score (nSPS) is 32.6. The van der Waals surface area contributed by atoms with Crippen LogP contribution in [0.5, 0.6) is 5.75 Å². The van der Waals surface area contributed by atoms with Gasteiger partial charge < -0.3 is 9.64 Å². The summed E-state index contributed by atoms with van der Waals surface area (Å²) in [6, 6.07) is 0.802. The summed E-state index contributed by atoms with van der Waals surface area (Å²) in [5, 5.41) is 0. The first kappa shape index (κ1) is 13.3. The van der Waals surface area contributed by atoms with Gasteiger partial charge in [-0.15, -0.1) is 0 Å². The van der Waals surface area contributed by atoms with Crippen molar-refractivity contribution in [2.24, 2.45) is 11.8 Å². The van der Waals surface area contributed by atoms with Gasteiger partial charge in [0.1, 0.15) is 0 Å². The quantitative estimate of drug-likeness (QED) is 0.830. The Morgan fingerprint density at radius 3 is 2.81 bits per heavy atom. The third kappa shape index (κ3) is 2.48. The van der Waals surface area contributed by atoms with Gasteiger partial charge >= 0.3 is 0 Å². The van der Waals surface area contributed by atoms with Crippen molar-refractivity contribution in [3.63, 3.8) is 0 Å². The van der Waals surface area contributed by atoms with E-state index >= 15 is 0 Å². The third-order valence-electron chi connectivity index (χ3n) is 5.40. The summed E-state index contributed by atoms with van der Waals surface area (Å²) in [7, 11) is 1.65. The van der Waals surface area contributed by atoms with Crippen LogP contribution in [-0.2, 0) is 0 Å². The standard InChI is InChI=1S/C16H24N4O/c1-21-14-7-17-16(18-8-14)20-10-12-6-13(11-20)15-4-2-3-5-19(15)9-12/h7-8,12-13,15H,2-6,9-11H2,1H3/t12-,13-,15+/m1/s1. The van der Waals surface area contributed by atoms with Gasteiger partial charge in [0, 0.05) is 25.7 Å². The molecule has 5 nitrogen and oxygen atoms in total. The van der Waals surface area contributed by atoms with Crippen LogP contribution in [0.3, 0.4) is 0 Å². The summed E-state index contributed by atoms with van der Waals surface area (Å²) in [5.74, 6) is 3.18. The Hall–Kier alpha value is -1.36. The van der Waals surface area contributed by atoms with Crippen LogP contribution in [-0.4, -0.2) is 54.2 Å². The number of aromatic nitrogens is 2. The molecule has 3 aliphatic rings. The fourth-order valence-electron chi connectivity index (χ4n) is 4.51. The summed E-state index contributed by atoms with van der Waals surface area (Å²) in [6.07, 6.45) is 9.13. The molecule has 0 aliphatic carbocycles. The molecule has 5 heteroatoms. The van der Waals surface area contributed by atoms with E-state index in [1.54, 1.807) is 19.5 Å². The van der Waals surface area contributed by atoms with Crippen LogP contribution in [0.4, 0.5) is 5.95 Å². The number of methoxy groups -OCH3 is 1. The molecule has 0 amide bonds. The van der Waals surface area contributed by atoms with Gasteiger partial charge in [0.05, 0.1) is 19.5 Å². The first-order valence-electron chi connectivity index (χ1n) is 8.18. The minimum Gasteiger partial charge on any atom is -0.494 e. The fourth-order valence-corrected chi connectivity index (χ4v) is 4.51. The predicted octanol–water partition coefficient (Wildman–Crippen LogP) is 1.80. The van der Waals surface area contributed by atoms with Crippen molar-refractivity contribution in [3.8, 4) is 5.75 Å². The summed E-state index contributed by atoms with van der Waals surface area (Å²) in [4.78, 5) is 14.1. The zero-order valence-electron chi connectivity index (χ0n) is 12.7. The fraction of sp³-hybridized carbons (Fsp3) is 0.750. The van der Waals surface area contributed by atoms with Gasteiger partial charge in [-0.2, -0.15) is 0 Å². The van der Waals surface area contributed by atoms with Gasteiger partial charge in [-0.1, -0.05) is 6.42 Å². The van der Waals surface area contributed by atoms with Gasteiger partial charge in [-0.25, -0.2) is 9.97 Å². The topological polar surface area (TPSA) is 41.5 Å². The molecule has 0 unspecified atom stereocenters. The molecular formula is C16H24N4O. The molecule has 2 bridgehead atoms. The van der Waals surface area contributed by atoms with Crippen LogP contribution in [0.1, 0.15) is 25.7 Å². The van der Waals surface area contributed by atoms with Gasteiger partial charge in [-0.3, -0.25) is 4.90 Å². The number of ether oxygens (including phenoxy) is 1. The third-order valence-corrected chi connectivity index (χ3v) is 5.40. The molecule has 0 aromatic carbocycles. The lowest BCUT2D eigenvalue weighted by atomic mass is 9.76. The summed E-state index contributed by atoms with van der Waals surface area (Å²) >= 11 is 0. The number of hydrogen-bond acceptors (Lipinski definition) is 5. The number of nitrogens with zero attached hydrogens (tertiary/aromatic N) is 4. The Bertz CT molecular complexity index is 492. The number of hydrogen-bond donors (Lipinski definition) is 0. The van der Waals surface area contributed by atoms with E-state index < -0.39 is 0 Å². The van der Waals surface area contributed by atoms with Crippen molar-refractivity contribution in [1.29, 1.82) is 0 Å². The van der Waals surface area contributed by atoms with Gasteiger partial charge in [0.2, 0.25) is 5.95 Å². The Morgan fingerprint density at radius 1 is 1.14 bits per heavy atom. The van der Waals surface area contributed by atoms with Crippen LogP contribution < -0.4 is 9.64 Å². The first-order valence-corrected chi connectivity index (χ1v) is 8.18. The summed E-state index contributed by atoms with van der Waals surface area (Å²) < 4.78 is 5.15. The highest BCUT2D eigenvalue weighted by molar-refractivity contribution is 5.33. The van der Waals surface area contributed by atoms with Crippen LogP contribution in [0, 0.1) is 11.8 Å². The lowest BCUT2D eigenvalue weighted by molar-refractivity contribution is 0.0183. The van der Waals surface area contributed by atoms with E-state index in [0.29, 0.717) is 0 Å². The van der Waals surface area contributed by atoms with Gasteiger partial charge in [0.15, 0.2) is 5.75 Å². The number of rotatable bonds is 2. The van der Waals surface area contributed by atoms with E-state index in [1.807, 2.05) is 0 Å². The second kappa shape index (κ2) is 5.44. The zero-order chi connectivity index (χ0) is 14.2. The minimum absolute atomic E-state index is 0.731. The van der Waals surface area contributed by atoms with Crippen molar-refractivity contribution >= 4 is 5.95 Å². The second-order valence-electron chi connectivity index (χ2n) is 6.75. The molecular weight excluding hydrogens is 264 g/mol. The highest BCUT2D eigenvalue weighted by Gasteiger charge is 2.41. The maximum Gasteiger partial charge on any atom is 0.225 e. The molecule has 0 N–H and O–H groups in total. The lowest BCUT2D eigenvalue weighted by Gasteiger charge is -2.52. The molecule has 1 aromatic rings. The van der Waals surface area contributed by atoms with E-state index in [0.717, 1.165) is 42.7 Å². The molecule has 4 rings (SSSR count). The molecule has 21 heavy (non-hydrogen) atoms. The van der Waals surface area contributed by atoms with E-state index in [1.165, 1.54) is 38.8 Å². The highest BCUT2D eigenvalue weighted by Crippen LogP contribution is 2.38. The molecule has 0 spiro atoms. The largest absolute Gasteiger partial charge is 0.494 e. The SMILES string of the molecule is COc1cnc(N2C[C@@H]3C[C@H](C2)[C@@H]2CCCCN2C3)nc1. The first-order chi connectivity index (χ1) is 10.3. The van der Waals surface area contributed by atoms with E-state index in [-0.39, 0.29) is 0 Å². The Kier molecular flexibility index (Phi) is 3.45. The minimum atomic E-state index is 0.731. The maximum absolute atomic E-state index is 5.15. The molecule has 114 valence electrons. The number of fused-ring (bicyclic) bond motifs is 4. The number of piperidine rings is 3. The molecule has 3 aliphatic heterocycles. The molecule has 4 heterocycles. The van der Waals surface area contributed by atoms with Crippen molar-refractivity contribution in [2.45, 2.75) is 31.7 Å². The van der Waals surface area contributed by atoms with Crippen LogP contribution in [0.25, 0.3) is 0 Å². The molecule has 0 radical (unpaired) electrons.